The lowest BCUT2D eigenvalue weighted by Crippen LogP contribution is -2.13. The number of aromatic nitrogens is 1. The second kappa shape index (κ2) is 7.31. The standard InChI is InChI=1S/C21H14Cl2N2OS/c1-12-14(21-25-18-6-2-3-8-19(18)27-21)5-4-7-17(12)24-20(26)15-10-9-13(22)11-16(15)23/h2-11H,1H3,(H,24,26). The Bertz CT molecular complexity index is 1140. The van der Waals surface area contributed by atoms with E-state index in [1.54, 1.807) is 29.5 Å². The third-order valence-corrected chi connectivity index (χ3v) is 5.90. The highest BCUT2D eigenvalue weighted by molar-refractivity contribution is 7.21. The molecular formula is C21H14Cl2N2OS. The van der Waals surface area contributed by atoms with Crippen molar-refractivity contribution in [1.82, 2.24) is 4.98 Å². The molecule has 6 heteroatoms. The van der Waals surface area contributed by atoms with Gasteiger partial charge in [-0.2, -0.15) is 0 Å². The lowest BCUT2D eigenvalue weighted by Gasteiger charge is -2.12. The summed E-state index contributed by atoms with van der Waals surface area (Å²) in [4.78, 5) is 17.4. The second-order valence-electron chi connectivity index (χ2n) is 6.04. The molecule has 4 rings (SSSR count). The molecule has 1 N–H and O–H groups in total. The van der Waals surface area contributed by atoms with Gasteiger partial charge < -0.3 is 5.32 Å². The minimum atomic E-state index is -0.277. The first-order valence-electron chi connectivity index (χ1n) is 8.25. The largest absolute Gasteiger partial charge is 0.322 e. The summed E-state index contributed by atoms with van der Waals surface area (Å²) in [6, 6.07) is 18.6. The SMILES string of the molecule is Cc1c(NC(=O)c2ccc(Cl)cc2Cl)cccc1-c1nc2ccccc2s1. The van der Waals surface area contributed by atoms with Gasteiger partial charge in [0.05, 0.1) is 20.8 Å². The van der Waals surface area contributed by atoms with E-state index < -0.39 is 0 Å². The molecule has 27 heavy (non-hydrogen) atoms. The molecule has 0 spiro atoms. The van der Waals surface area contributed by atoms with Gasteiger partial charge in [0.1, 0.15) is 5.01 Å². The molecule has 0 atom stereocenters. The number of rotatable bonds is 3. The first-order chi connectivity index (χ1) is 13.0. The van der Waals surface area contributed by atoms with E-state index in [1.165, 1.54) is 0 Å². The van der Waals surface area contributed by atoms with Crippen LogP contribution in [0.3, 0.4) is 0 Å². The van der Waals surface area contributed by atoms with Crippen LogP contribution in [-0.4, -0.2) is 10.9 Å². The van der Waals surface area contributed by atoms with Crippen LogP contribution in [0, 0.1) is 6.92 Å². The highest BCUT2D eigenvalue weighted by Gasteiger charge is 2.15. The number of halogens is 2. The Balaban J connectivity index is 1.68. The maximum absolute atomic E-state index is 12.6. The summed E-state index contributed by atoms with van der Waals surface area (Å²) < 4.78 is 1.13. The summed E-state index contributed by atoms with van der Waals surface area (Å²) in [5.74, 6) is -0.277. The summed E-state index contributed by atoms with van der Waals surface area (Å²) in [5.41, 5.74) is 4.03. The molecule has 0 fully saturated rings. The molecule has 134 valence electrons. The normalized spacial score (nSPS) is 10.9. The van der Waals surface area contributed by atoms with Crippen LogP contribution in [0.1, 0.15) is 15.9 Å². The number of carbonyl (C=O) groups excluding carboxylic acids is 1. The average molecular weight is 413 g/mol. The van der Waals surface area contributed by atoms with E-state index in [1.807, 2.05) is 43.3 Å². The topological polar surface area (TPSA) is 42.0 Å². The fourth-order valence-electron chi connectivity index (χ4n) is 2.85. The molecule has 0 aliphatic heterocycles. The van der Waals surface area contributed by atoms with Crippen LogP contribution in [-0.2, 0) is 0 Å². The van der Waals surface area contributed by atoms with E-state index in [9.17, 15) is 4.79 Å². The van der Waals surface area contributed by atoms with E-state index in [2.05, 4.69) is 11.4 Å². The fourth-order valence-corrected chi connectivity index (χ4v) is 4.40. The number of nitrogens with one attached hydrogen (secondary N) is 1. The van der Waals surface area contributed by atoms with Gasteiger partial charge >= 0.3 is 0 Å². The number of carbonyl (C=O) groups is 1. The van der Waals surface area contributed by atoms with Crippen molar-refractivity contribution in [3.8, 4) is 10.6 Å². The molecule has 0 saturated heterocycles. The minimum absolute atomic E-state index is 0.277. The monoisotopic (exact) mass is 412 g/mol. The minimum Gasteiger partial charge on any atom is -0.322 e. The fraction of sp³-hybridized carbons (Fsp3) is 0.0476. The number of nitrogens with zero attached hydrogens (tertiary/aromatic N) is 1. The Morgan fingerprint density at radius 1 is 1.04 bits per heavy atom. The van der Waals surface area contributed by atoms with Crippen LogP contribution < -0.4 is 5.32 Å². The number of fused-ring (bicyclic) bond motifs is 1. The Morgan fingerprint density at radius 3 is 2.63 bits per heavy atom. The lowest BCUT2D eigenvalue weighted by molar-refractivity contribution is 0.102. The number of anilines is 1. The van der Waals surface area contributed by atoms with Crippen LogP contribution in [0.2, 0.25) is 10.0 Å². The average Bonchev–Trinajstić information content (AvgIpc) is 3.07. The molecule has 0 saturated carbocycles. The zero-order valence-electron chi connectivity index (χ0n) is 14.3. The molecule has 4 aromatic rings. The van der Waals surface area contributed by atoms with Crippen molar-refractivity contribution >= 4 is 56.3 Å². The van der Waals surface area contributed by atoms with Gasteiger partial charge in [-0.05, 0) is 48.9 Å². The maximum Gasteiger partial charge on any atom is 0.257 e. The van der Waals surface area contributed by atoms with Crippen LogP contribution in [0.15, 0.2) is 60.7 Å². The van der Waals surface area contributed by atoms with Gasteiger partial charge in [-0.1, -0.05) is 47.5 Å². The maximum atomic E-state index is 12.6. The number of amides is 1. The van der Waals surface area contributed by atoms with Gasteiger partial charge in [-0.15, -0.1) is 11.3 Å². The molecule has 1 aromatic heterocycles. The number of hydrogen-bond donors (Lipinski definition) is 1. The molecular weight excluding hydrogens is 399 g/mol. The quantitative estimate of drug-likeness (QED) is 0.400. The molecule has 0 unspecified atom stereocenters. The van der Waals surface area contributed by atoms with Gasteiger partial charge in [0.2, 0.25) is 0 Å². The van der Waals surface area contributed by atoms with Crippen molar-refractivity contribution in [2.24, 2.45) is 0 Å². The van der Waals surface area contributed by atoms with Crippen molar-refractivity contribution in [3.05, 3.63) is 81.8 Å². The molecule has 0 aliphatic carbocycles. The molecule has 1 amide bonds. The highest BCUT2D eigenvalue weighted by Crippen LogP contribution is 2.34. The summed E-state index contributed by atoms with van der Waals surface area (Å²) in [6.07, 6.45) is 0. The molecule has 1 heterocycles. The zero-order chi connectivity index (χ0) is 19.0. The smallest absolute Gasteiger partial charge is 0.257 e. The Morgan fingerprint density at radius 2 is 1.85 bits per heavy atom. The molecule has 3 aromatic carbocycles. The number of thiazole rings is 1. The van der Waals surface area contributed by atoms with Gasteiger partial charge in [-0.25, -0.2) is 4.98 Å². The van der Waals surface area contributed by atoms with E-state index in [4.69, 9.17) is 28.2 Å². The first-order valence-corrected chi connectivity index (χ1v) is 9.82. The molecule has 0 bridgehead atoms. The lowest BCUT2D eigenvalue weighted by atomic mass is 10.1. The van der Waals surface area contributed by atoms with Crippen LogP contribution in [0.25, 0.3) is 20.8 Å². The van der Waals surface area contributed by atoms with Gasteiger partial charge in [-0.3, -0.25) is 4.79 Å². The molecule has 0 aliphatic rings. The number of benzene rings is 3. The summed E-state index contributed by atoms with van der Waals surface area (Å²) in [7, 11) is 0. The van der Waals surface area contributed by atoms with Crippen LogP contribution in [0.5, 0.6) is 0 Å². The van der Waals surface area contributed by atoms with Crippen LogP contribution in [0.4, 0.5) is 5.69 Å². The van der Waals surface area contributed by atoms with Gasteiger partial charge in [0, 0.05) is 16.3 Å². The van der Waals surface area contributed by atoms with Crippen LogP contribution >= 0.6 is 34.5 Å². The highest BCUT2D eigenvalue weighted by atomic mass is 35.5. The van der Waals surface area contributed by atoms with Crippen molar-refractivity contribution < 1.29 is 4.79 Å². The number of hydrogen-bond acceptors (Lipinski definition) is 3. The Kier molecular flexibility index (Phi) is 4.87. The van der Waals surface area contributed by atoms with E-state index in [0.29, 0.717) is 15.6 Å². The zero-order valence-corrected chi connectivity index (χ0v) is 16.6. The second-order valence-corrected chi connectivity index (χ2v) is 7.92. The van der Waals surface area contributed by atoms with E-state index in [-0.39, 0.29) is 5.91 Å². The summed E-state index contributed by atoms with van der Waals surface area (Å²) in [6.45, 7) is 1.97. The van der Waals surface area contributed by atoms with Crippen molar-refractivity contribution in [2.45, 2.75) is 6.92 Å². The van der Waals surface area contributed by atoms with Crippen molar-refractivity contribution in [1.29, 1.82) is 0 Å². The third kappa shape index (κ3) is 3.56. The Hall–Kier alpha value is -2.40. The van der Waals surface area contributed by atoms with Crippen molar-refractivity contribution in [2.75, 3.05) is 5.32 Å². The Labute approximate surface area is 170 Å². The molecule has 0 radical (unpaired) electrons. The van der Waals surface area contributed by atoms with Crippen molar-refractivity contribution in [3.63, 3.8) is 0 Å². The third-order valence-electron chi connectivity index (χ3n) is 4.28. The summed E-state index contributed by atoms with van der Waals surface area (Å²) in [5, 5.41) is 4.68. The van der Waals surface area contributed by atoms with E-state index >= 15 is 0 Å². The first kappa shape index (κ1) is 18.0. The van der Waals surface area contributed by atoms with E-state index in [0.717, 1.165) is 32.0 Å². The van der Waals surface area contributed by atoms with Gasteiger partial charge in [0.15, 0.2) is 0 Å². The number of para-hydroxylation sites is 1. The predicted octanol–water partition coefficient (Wildman–Crippen LogP) is 6.83. The van der Waals surface area contributed by atoms with Gasteiger partial charge in [0.25, 0.3) is 5.91 Å². The predicted molar refractivity (Wildman–Crippen MR) is 114 cm³/mol. The molecule has 3 nitrogen and oxygen atoms in total. The summed E-state index contributed by atoms with van der Waals surface area (Å²) >= 11 is 13.7.